The Morgan fingerprint density at radius 1 is 1.19 bits per heavy atom. The quantitative estimate of drug-likeness (QED) is 0.749. The molecule has 2 aromatic rings. The molecule has 0 atom stereocenters. The number of aryl methyl sites for hydroxylation is 1. The van der Waals surface area contributed by atoms with Crippen molar-refractivity contribution in [3.8, 4) is 5.75 Å². The third-order valence-corrected chi connectivity index (χ3v) is 4.64. The smallest absolute Gasteiger partial charge is 0.273 e. The van der Waals surface area contributed by atoms with E-state index < -0.39 is 0 Å². The average molecular weight is 367 g/mol. The number of rotatable bonds is 5. The van der Waals surface area contributed by atoms with Crippen LogP contribution < -0.4 is 20.7 Å². The molecule has 1 aliphatic carbocycles. The maximum Gasteiger partial charge on any atom is 0.273 e. The molecule has 1 aliphatic heterocycles. The van der Waals surface area contributed by atoms with E-state index in [1.807, 2.05) is 18.2 Å². The van der Waals surface area contributed by atoms with Crippen LogP contribution in [0.2, 0.25) is 0 Å². The molecule has 8 heteroatoms. The molecule has 2 aliphatic rings. The maximum atomic E-state index is 12.2. The number of hydrogen-bond acceptors (Lipinski definition) is 6. The second-order valence-corrected chi connectivity index (χ2v) is 6.71. The highest BCUT2D eigenvalue weighted by Gasteiger charge is 2.30. The Kier molecular flexibility index (Phi) is 4.62. The lowest BCUT2D eigenvalue weighted by molar-refractivity contribution is -0.117. The molecule has 0 bridgehead atoms. The third kappa shape index (κ3) is 3.69. The molecule has 2 amide bonds. The number of nitrogens with one attached hydrogen (secondary N) is 3. The number of fused-ring (bicyclic) bond motifs is 1. The van der Waals surface area contributed by atoms with Gasteiger partial charge in [-0.25, -0.2) is 0 Å². The number of amides is 2. The summed E-state index contributed by atoms with van der Waals surface area (Å²) in [5.41, 5.74) is 2.48. The standard InChI is InChI=1S/C19H21N5O3/c1-20-19(26)16-14(10-15(23-24-16)22-18(25)12-7-8-12)21-13-6-2-4-11-5-3-9-27-17(11)13/h2,4,6,10,12H,3,5,7-9H2,1H3,(H,20,26)(H2,21,22,23,25). The van der Waals surface area contributed by atoms with Crippen molar-refractivity contribution in [2.75, 3.05) is 24.3 Å². The molecule has 4 rings (SSSR count). The predicted molar refractivity (Wildman–Crippen MR) is 100 cm³/mol. The second kappa shape index (κ2) is 7.22. The minimum atomic E-state index is -0.365. The van der Waals surface area contributed by atoms with E-state index in [2.05, 4.69) is 26.1 Å². The molecule has 0 unspecified atom stereocenters. The fourth-order valence-electron chi connectivity index (χ4n) is 3.04. The summed E-state index contributed by atoms with van der Waals surface area (Å²) in [5.74, 6) is 0.718. The number of hydrogen-bond donors (Lipinski definition) is 3. The molecule has 2 heterocycles. The lowest BCUT2D eigenvalue weighted by Crippen LogP contribution is -2.22. The Hall–Kier alpha value is -3.16. The Balaban J connectivity index is 1.66. The Bertz CT molecular complexity index is 895. The van der Waals surface area contributed by atoms with Gasteiger partial charge in [-0.05, 0) is 37.3 Å². The molecule has 0 radical (unpaired) electrons. The van der Waals surface area contributed by atoms with Gasteiger partial charge in [0, 0.05) is 19.0 Å². The van der Waals surface area contributed by atoms with E-state index >= 15 is 0 Å². The van der Waals surface area contributed by atoms with Gasteiger partial charge in [0.2, 0.25) is 5.91 Å². The first-order chi connectivity index (χ1) is 13.2. The first-order valence-electron chi connectivity index (χ1n) is 9.08. The molecular formula is C19H21N5O3. The maximum absolute atomic E-state index is 12.2. The van der Waals surface area contributed by atoms with Gasteiger partial charge in [-0.15, -0.1) is 10.2 Å². The van der Waals surface area contributed by atoms with Gasteiger partial charge in [0.25, 0.3) is 5.91 Å². The third-order valence-electron chi connectivity index (χ3n) is 4.64. The van der Waals surface area contributed by atoms with Crippen LogP contribution in [0.4, 0.5) is 17.2 Å². The minimum Gasteiger partial charge on any atom is -0.491 e. The van der Waals surface area contributed by atoms with E-state index in [0.717, 1.165) is 42.7 Å². The number of anilines is 3. The van der Waals surface area contributed by atoms with E-state index in [1.54, 1.807) is 6.07 Å². The zero-order valence-corrected chi connectivity index (χ0v) is 15.0. The highest BCUT2D eigenvalue weighted by molar-refractivity contribution is 5.99. The van der Waals surface area contributed by atoms with Crippen molar-refractivity contribution >= 4 is 29.0 Å². The number of para-hydroxylation sites is 1. The summed E-state index contributed by atoms with van der Waals surface area (Å²) in [6.45, 7) is 0.658. The summed E-state index contributed by atoms with van der Waals surface area (Å²) in [6.07, 6.45) is 3.72. The first-order valence-corrected chi connectivity index (χ1v) is 9.08. The Morgan fingerprint density at radius 2 is 2.04 bits per heavy atom. The van der Waals surface area contributed by atoms with E-state index in [-0.39, 0.29) is 23.4 Å². The van der Waals surface area contributed by atoms with E-state index in [4.69, 9.17) is 4.74 Å². The minimum absolute atomic E-state index is 0.0522. The zero-order valence-electron chi connectivity index (χ0n) is 15.0. The van der Waals surface area contributed by atoms with Gasteiger partial charge >= 0.3 is 0 Å². The molecule has 0 spiro atoms. The number of carbonyl (C=O) groups is 2. The summed E-state index contributed by atoms with van der Waals surface area (Å²) in [6, 6.07) is 7.49. The number of carbonyl (C=O) groups excluding carboxylic acids is 2. The molecule has 1 fully saturated rings. The van der Waals surface area contributed by atoms with E-state index in [0.29, 0.717) is 18.1 Å². The number of ether oxygens (including phenoxy) is 1. The first kappa shape index (κ1) is 17.3. The van der Waals surface area contributed by atoms with Gasteiger partial charge in [0.05, 0.1) is 18.0 Å². The van der Waals surface area contributed by atoms with Crippen LogP contribution in [-0.4, -0.2) is 35.7 Å². The topological polar surface area (TPSA) is 105 Å². The highest BCUT2D eigenvalue weighted by Crippen LogP contribution is 2.36. The van der Waals surface area contributed by atoms with Gasteiger partial charge in [-0.3, -0.25) is 9.59 Å². The molecule has 0 saturated heterocycles. The molecular weight excluding hydrogens is 346 g/mol. The van der Waals surface area contributed by atoms with Gasteiger partial charge in [-0.2, -0.15) is 0 Å². The van der Waals surface area contributed by atoms with Gasteiger partial charge in [0.1, 0.15) is 5.75 Å². The fraction of sp³-hybridized carbons (Fsp3) is 0.368. The molecule has 1 saturated carbocycles. The summed E-state index contributed by atoms with van der Waals surface area (Å²) < 4.78 is 5.82. The van der Waals surface area contributed by atoms with Crippen molar-refractivity contribution in [2.24, 2.45) is 5.92 Å². The second-order valence-electron chi connectivity index (χ2n) is 6.71. The number of nitrogens with zero attached hydrogens (tertiary/aromatic N) is 2. The van der Waals surface area contributed by atoms with Crippen molar-refractivity contribution in [2.45, 2.75) is 25.7 Å². The van der Waals surface area contributed by atoms with Crippen molar-refractivity contribution < 1.29 is 14.3 Å². The Morgan fingerprint density at radius 3 is 2.81 bits per heavy atom. The SMILES string of the molecule is CNC(=O)c1nnc(NC(=O)C2CC2)cc1Nc1cccc2c1OCCC2. The van der Waals surface area contributed by atoms with Crippen molar-refractivity contribution in [1.82, 2.24) is 15.5 Å². The fourth-order valence-corrected chi connectivity index (χ4v) is 3.04. The van der Waals surface area contributed by atoms with Crippen LogP contribution in [-0.2, 0) is 11.2 Å². The van der Waals surface area contributed by atoms with E-state index in [1.165, 1.54) is 7.05 Å². The van der Waals surface area contributed by atoms with Gasteiger partial charge in [-0.1, -0.05) is 12.1 Å². The normalized spacial score (nSPS) is 15.3. The summed E-state index contributed by atoms with van der Waals surface area (Å²) >= 11 is 0. The average Bonchev–Trinajstić information content (AvgIpc) is 3.53. The molecule has 1 aromatic heterocycles. The van der Waals surface area contributed by atoms with Crippen molar-refractivity contribution in [3.63, 3.8) is 0 Å². The van der Waals surface area contributed by atoms with Gasteiger partial charge < -0.3 is 20.7 Å². The monoisotopic (exact) mass is 367 g/mol. The van der Waals surface area contributed by atoms with Crippen LogP contribution in [0.25, 0.3) is 0 Å². The highest BCUT2D eigenvalue weighted by atomic mass is 16.5. The van der Waals surface area contributed by atoms with Crippen LogP contribution in [0.15, 0.2) is 24.3 Å². The molecule has 8 nitrogen and oxygen atoms in total. The number of aromatic nitrogens is 2. The predicted octanol–water partition coefficient (Wildman–Crippen LogP) is 2.25. The zero-order chi connectivity index (χ0) is 18.8. The summed E-state index contributed by atoms with van der Waals surface area (Å²) in [5, 5.41) is 16.5. The van der Waals surface area contributed by atoms with Crippen LogP contribution >= 0.6 is 0 Å². The van der Waals surface area contributed by atoms with Crippen LogP contribution in [0.5, 0.6) is 5.75 Å². The Labute approximate surface area is 156 Å². The van der Waals surface area contributed by atoms with Crippen molar-refractivity contribution in [3.05, 3.63) is 35.5 Å². The lowest BCUT2D eigenvalue weighted by Gasteiger charge is -2.21. The van der Waals surface area contributed by atoms with Crippen molar-refractivity contribution in [1.29, 1.82) is 0 Å². The number of benzene rings is 1. The molecule has 140 valence electrons. The summed E-state index contributed by atoms with van der Waals surface area (Å²) in [4.78, 5) is 24.2. The van der Waals surface area contributed by atoms with Crippen LogP contribution in [0, 0.1) is 5.92 Å². The molecule has 27 heavy (non-hydrogen) atoms. The lowest BCUT2D eigenvalue weighted by atomic mass is 10.1. The molecule has 1 aromatic carbocycles. The van der Waals surface area contributed by atoms with Gasteiger partial charge in [0.15, 0.2) is 11.5 Å². The molecule has 3 N–H and O–H groups in total. The van der Waals surface area contributed by atoms with E-state index in [9.17, 15) is 9.59 Å². The van der Waals surface area contributed by atoms with Crippen LogP contribution in [0.1, 0.15) is 35.3 Å². The summed E-state index contributed by atoms with van der Waals surface area (Å²) in [7, 11) is 1.53. The largest absolute Gasteiger partial charge is 0.491 e. The van der Waals surface area contributed by atoms with Crippen LogP contribution in [0.3, 0.4) is 0 Å².